The van der Waals surface area contributed by atoms with E-state index in [2.05, 4.69) is 16.0 Å². The largest absolute Gasteiger partial charge is 0.329 e. The zero-order valence-corrected chi connectivity index (χ0v) is 11.0. The first-order chi connectivity index (χ1) is 9.79. The first-order valence-electron chi connectivity index (χ1n) is 6.23. The zero-order valence-electron chi connectivity index (χ0n) is 11.0. The monoisotopic (exact) mass is 260 g/mol. The molecule has 0 aliphatic heterocycles. The summed E-state index contributed by atoms with van der Waals surface area (Å²) in [5.41, 5.74) is 2.46. The number of fused-ring (bicyclic) bond motifs is 1. The topological polar surface area (TPSA) is 52.8 Å². The van der Waals surface area contributed by atoms with Crippen molar-refractivity contribution in [3.8, 4) is 6.07 Å². The molecule has 0 N–H and O–H groups in total. The summed E-state index contributed by atoms with van der Waals surface area (Å²) in [4.78, 5) is 10.6. The van der Waals surface area contributed by atoms with Gasteiger partial charge in [-0.2, -0.15) is 5.26 Å². The first-order valence-corrected chi connectivity index (χ1v) is 6.23. The highest BCUT2D eigenvalue weighted by Crippen LogP contribution is 2.28. The quantitative estimate of drug-likeness (QED) is 0.709. The first kappa shape index (κ1) is 12.1. The van der Waals surface area contributed by atoms with Gasteiger partial charge >= 0.3 is 0 Å². The van der Waals surface area contributed by atoms with Crippen LogP contribution >= 0.6 is 0 Å². The summed E-state index contributed by atoms with van der Waals surface area (Å²) >= 11 is 0. The molecule has 0 radical (unpaired) electrons. The predicted molar refractivity (Wildman–Crippen MR) is 78.8 cm³/mol. The Balaban J connectivity index is 2.13. The normalized spacial score (nSPS) is 10.2. The lowest BCUT2D eigenvalue weighted by molar-refractivity contribution is 1.11. The smallest absolute Gasteiger partial charge is 0.144 e. The zero-order chi connectivity index (χ0) is 13.9. The summed E-state index contributed by atoms with van der Waals surface area (Å²) in [7, 11) is 1.94. The molecule has 0 unspecified atom stereocenters. The van der Waals surface area contributed by atoms with Crippen molar-refractivity contribution >= 4 is 22.4 Å². The molecule has 0 saturated heterocycles. The SMILES string of the molecule is CN(c1cccc(C#N)c1)c1ncnc2ccccc12. The number of aromatic nitrogens is 2. The maximum absolute atomic E-state index is 8.99. The molecule has 2 aromatic carbocycles. The Morgan fingerprint density at radius 1 is 1.05 bits per heavy atom. The fourth-order valence-electron chi connectivity index (χ4n) is 2.16. The Morgan fingerprint density at radius 2 is 1.90 bits per heavy atom. The number of nitriles is 1. The lowest BCUT2D eigenvalue weighted by Gasteiger charge is -2.19. The molecule has 0 aliphatic carbocycles. The van der Waals surface area contributed by atoms with Crippen LogP contribution in [0.25, 0.3) is 10.9 Å². The molecule has 1 heterocycles. The minimum atomic E-state index is 0.632. The maximum Gasteiger partial charge on any atom is 0.144 e. The van der Waals surface area contributed by atoms with E-state index in [0.29, 0.717) is 5.56 Å². The number of rotatable bonds is 2. The maximum atomic E-state index is 8.99. The molecule has 0 saturated carbocycles. The summed E-state index contributed by atoms with van der Waals surface area (Å²) in [6.45, 7) is 0. The van der Waals surface area contributed by atoms with Crippen molar-refractivity contribution in [2.75, 3.05) is 11.9 Å². The van der Waals surface area contributed by atoms with Crippen LogP contribution in [0.15, 0.2) is 54.9 Å². The van der Waals surface area contributed by atoms with E-state index >= 15 is 0 Å². The van der Waals surface area contributed by atoms with E-state index in [1.165, 1.54) is 0 Å². The number of nitrogens with zero attached hydrogens (tertiary/aromatic N) is 4. The Hall–Kier alpha value is -2.93. The van der Waals surface area contributed by atoms with Crippen molar-refractivity contribution in [2.45, 2.75) is 0 Å². The van der Waals surface area contributed by atoms with Crippen molar-refractivity contribution in [1.29, 1.82) is 5.26 Å². The van der Waals surface area contributed by atoms with Gasteiger partial charge in [-0.1, -0.05) is 18.2 Å². The van der Waals surface area contributed by atoms with Crippen molar-refractivity contribution in [1.82, 2.24) is 9.97 Å². The van der Waals surface area contributed by atoms with Crippen LogP contribution in [-0.4, -0.2) is 17.0 Å². The fraction of sp³-hybridized carbons (Fsp3) is 0.0625. The molecule has 0 fully saturated rings. The highest BCUT2D eigenvalue weighted by Gasteiger charge is 2.10. The van der Waals surface area contributed by atoms with Crippen LogP contribution < -0.4 is 4.90 Å². The van der Waals surface area contributed by atoms with Crippen molar-refractivity contribution in [2.24, 2.45) is 0 Å². The molecule has 3 aromatic rings. The predicted octanol–water partition coefficient (Wildman–Crippen LogP) is 3.27. The molecule has 1 aromatic heterocycles. The van der Waals surface area contributed by atoms with Crippen LogP contribution in [0.4, 0.5) is 11.5 Å². The number of benzene rings is 2. The van der Waals surface area contributed by atoms with Gasteiger partial charge in [0.25, 0.3) is 0 Å². The van der Waals surface area contributed by atoms with Gasteiger partial charge in [0.1, 0.15) is 12.1 Å². The molecule has 4 nitrogen and oxygen atoms in total. The van der Waals surface area contributed by atoms with E-state index in [4.69, 9.17) is 5.26 Å². The van der Waals surface area contributed by atoms with Gasteiger partial charge in [0, 0.05) is 18.1 Å². The minimum absolute atomic E-state index is 0.632. The third-order valence-electron chi connectivity index (χ3n) is 3.20. The number of para-hydroxylation sites is 1. The molecule has 20 heavy (non-hydrogen) atoms. The number of hydrogen-bond acceptors (Lipinski definition) is 4. The van der Waals surface area contributed by atoms with Crippen molar-refractivity contribution in [3.05, 3.63) is 60.4 Å². The van der Waals surface area contributed by atoms with E-state index in [9.17, 15) is 0 Å². The van der Waals surface area contributed by atoms with Gasteiger partial charge in [-0.15, -0.1) is 0 Å². The van der Waals surface area contributed by atoms with Crippen molar-refractivity contribution < 1.29 is 0 Å². The summed E-state index contributed by atoms with van der Waals surface area (Å²) < 4.78 is 0. The van der Waals surface area contributed by atoms with E-state index in [1.54, 1.807) is 12.4 Å². The number of hydrogen-bond donors (Lipinski definition) is 0. The fourth-order valence-corrected chi connectivity index (χ4v) is 2.16. The third kappa shape index (κ3) is 2.06. The van der Waals surface area contributed by atoms with Crippen molar-refractivity contribution in [3.63, 3.8) is 0 Å². The molecule has 4 heteroatoms. The molecule has 0 amide bonds. The van der Waals surface area contributed by atoms with Crippen LogP contribution in [0.2, 0.25) is 0 Å². The third-order valence-corrected chi connectivity index (χ3v) is 3.20. The number of anilines is 2. The van der Waals surface area contributed by atoms with Crippen LogP contribution in [0.5, 0.6) is 0 Å². The lowest BCUT2D eigenvalue weighted by Crippen LogP contribution is -2.12. The second-order valence-electron chi connectivity index (χ2n) is 4.44. The molecule has 0 atom stereocenters. The van der Waals surface area contributed by atoms with Crippen LogP contribution in [0.3, 0.4) is 0 Å². The molecule has 96 valence electrons. The summed E-state index contributed by atoms with van der Waals surface area (Å²) in [6.07, 6.45) is 1.56. The minimum Gasteiger partial charge on any atom is -0.329 e. The average Bonchev–Trinajstić information content (AvgIpc) is 2.53. The van der Waals surface area contributed by atoms with Gasteiger partial charge < -0.3 is 4.90 Å². The van der Waals surface area contributed by atoms with Gasteiger partial charge in [-0.3, -0.25) is 0 Å². The average molecular weight is 260 g/mol. The Labute approximate surface area is 116 Å². The molecule has 0 aliphatic rings. The molecular formula is C16H12N4. The van der Waals surface area contributed by atoms with E-state index in [-0.39, 0.29) is 0 Å². The molecule has 3 rings (SSSR count). The Morgan fingerprint density at radius 3 is 2.75 bits per heavy atom. The Bertz CT molecular complexity index is 799. The van der Waals surface area contributed by atoms with Gasteiger partial charge in [0.15, 0.2) is 0 Å². The second kappa shape index (κ2) is 4.98. The highest BCUT2D eigenvalue weighted by atomic mass is 15.2. The Kier molecular flexibility index (Phi) is 3.02. The standard InChI is InChI=1S/C16H12N4/c1-20(13-6-4-5-12(9-13)10-17)16-14-7-2-3-8-15(14)18-11-19-16/h2-9,11H,1H3. The summed E-state index contributed by atoms with van der Waals surface area (Å²) in [5, 5.41) is 9.98. The van der Waals surface area contributed by atoms with E-state index in [0.717, 1.165) is 22.4 Å². The van der Waals surface area contributed by atoms with E-state index < -0.39 is 0 Å². The summed E-state index contributed by atoms with van der Waals surface area (Å²) in [5.74, 6) is 0.825. The van der Waals surface area contributed by atoms with Crippen LogP contribution in [0, 0.1) is 11.3 Å². The van der Waals surface area contributed by atoms with Gasteiger partial charge in [0.05, 0.1) is 17.1 Å². The molecule has 0 spiro atoms. The van der Waals surface area contributed by atoms with Gasteiger partial charge in [-0.25, -0.2) is 9.97 Å². The lowest BCUT2D eigenvalue weighted by atomic mass is 10.2. The van der Waals surface area contributed by atoms with E-state index in [1.807, 2.05) is 54.4 Å². The molecule has 0 bridgehead atoms. The van der Waals surface area contributed by atoms with Gasteiger partial charge in [0.2, 0.25) is 0 Å². The van der Waals surface area contributed by atoms with Crippen LogP contribution in [0.1, 0.15) is 5.56 Å². The molecular weight excluding hydrogens is 248 g/mol. The second-order valence-corrected chi connectivity index (χ2v) is 4.44. The summed E-state index contributed by atoms with van der Waals surface area (Å²) in [6, 6.07) is 17.5. The van der Waals surface area contributed by atoms with Crippen LogP contribution in [-0.2, 0) is 0 Å². The highest BCUT2D eigenvalue weighted by molar-refractivity contribution is 5.91. The van der Waals surface area contributed by atoms with Gasteiger partial charge in [-0.05, 0) is 30.3 Å².